The van der Waals surface area contributed by atoms with Gasteiger partial charge in [0.2, 0.25) is 0 Å². The first-order chi connectivity index (χ1) is 7.81. The highest BCUT2D eigenvalue weighted by molar-refractivity contribution is 6.01. The van der Waals surface area contributed by atoms with Gasteiger partial charge in [-0.05, 0) is 40.8 Å². The lowest BCUT2D eigenvalue weighted by molar-refractivity contribution is 0.0600. The Hall–Kier alpha value is -1.83. The molecule has 0 saturated carbocycles. The summed E-state index contributed by atoms with van der Waals surface area (Å²) in [5.41, 5.74) is 3.22. The molecule has 0 bridgehead atoms. The summed E-state index contributed by atoms with van der Waals surface area (Å²) >= 11 is 0. The lowest BCUT2D eigenvalue weighted by atomic mass is 10.0. The van der Waals surface area contributed by atoms with E-state index in [-0.39, 0.29) is 5.97 Å². The van der Waals surface area contributed by atoms with Crippen LogP contribution in [-0.2, 0) is 17.6 Å². The number of hydrogen-bond acceptors (Lipinski definition) is 2. The van der Waals surface area contributed by atoms with Crippen LogP contribution in [0.2, 0.25) is 0 Å². The lowest BCUT2D eigenvalue weighted by Crippen LogP contribution is -2.04. The minimum Gasteiger partial charge on any atom is -0.465 e. The third-order valence-electron chi connectivity index (χ3n) is 3.29. The molecule has 3 rings (SSSR count). The minimum absolute atomic E-state index is 0.228. The summed E-state index contributed by atoms with van der Waals surface area (Å²) in [5, 5.41) is 2.48. The van der Waals surface area contributed by atoms with Gasteiger partial charge < -0.3 is 4.74 Å². The third kappa shape index (κ3) is 1.16. The van der Waals surface area contributed by atoms with Gasteiger partial charge in [0.15, 0.2) is 0 Å². The summed E-state index contributed by atoms with van der Waals surface area (Å²) in [7, 11) is 1.43. The number of methoxy groups -OCH3 is 1. The van der Waals surface area contributed by atoms with Crippen LogP contribution in [0, 0.1) is 0 Å². The van der Waals surface area contributed by atoms with Crippen molar-refractivity contribution in [2.75, 3.05) is 7.11 Å². The predicted molar refractivity (Wildman–Crippen MR) is 62.7 cm³/mol. The van der Waals surface area contributed by atoms with E-state index < -0.39 is 0 Å². The number of ether oxygens (including phenoxy) is 1. The van der Waals surface area contributed by atoms with Crippen molar-refractivity contribution in [1.82, 2.24) is 0 Å². The second-order valence-corrected chi connectivity index (χ2v) is 4.10. The topological polar surface area (TPSA) is 26.3 Å². The van der Waals surface area contributed by atoms with E-state index in [9.17, 15) is 4.79 Å². The van der Waals surface area contributed by atoms with Crippen molar-refractivity contribution < 1.29 is 9.53 Å². The van der Waals surface area contributed by atoms with Crippen LogP contribution in [0.1, 0.15) is 21.5 Å². The molecule has 0 amide bonds. The lowest BCUT2D eigenvalue weighted by Gasteiger charge is -2.06. The van der Waals surface area contributed by atoms with E-state index in [0.717, 1.165) is 24.0 Å². The van der Waals surface area contributed by atoms with Crippen molar-refractivity contribution in [2.24, 2.45) is 0 Å². The van der Waals surface area contributed by atoms with E-state index in [1.165, 1.54) is 23.4 Å². The van der Waals surface area contributed by atoms with Crippen molar-refractivity contribution >= 4 is 16.7 Å². The van der Waals surface area contributed by atoms with Crippen molar-refractivity contribution in [3.05, 3.63) is 47.0 Å². The van der Waals surface area contributed by atoms with Crippen LogP contribution in [-0.4, -0.2) is 13.1 Å². The normalized spacial score (nSPS) is 13.1. The van der Waals surface area contributed by atoms with E-state index in [2.05, 4.69) is 18.2 Å². The van der Waals surface area contributed by atoms with Gasteiger partial charge >= 0.3 is 5.97 Å². The molecule has 1 aliphatic rings. The Labute approximate surface area is 93.8 Å². The zero-order valence-corrected chi connectivity index (χ0v) is 9.12. The molecule has 0 saturated heterocycles. The van der Waals surface area contributed by atoms with E-state index in [4.69, 9.17) is 4.74 Å². The highest BCUT2D eigenvalue weighted by Crippen LogP contribution is 2.33. The van der Waals surface area contributed by atoms with Crippen LogP contribution >= 0.6 is 0 Å². The summed E-state index contributed by atoms with van der Waals surface area (Å²) in [5.74, 6) is -0.228. The highest BCUT2D eigenvalue weighted by atomic mass is 16.5. The van der Waals surface area contributed by atoms with Crippen molar-refractivity contribution in [2.45, 2.75) is 12.8 Å². The van der Waals surface area contributed by atoms with Gasteiger partial charge in [-0.3, -0.25) is 0 Å². The summed E-state index contributed by atoms with van der Waals surface area (Å²) in [6.07, 6.45) is 1.97. The van der Waals surface area contributed by atoms with E-state index in [1.54, 1.807) is 0 Å². The van der Waals surface area contributed by atoms with Gasteiger partial charge in [-0.2, -0.15) is 0 Å². The molecule has 0 fully saturated rings. The fraction of sp³-hybridized carbons (Fsp3) is 0.214. The Bertz CT molecular complexity index is 585. The largest absolute Gasteiger partial charge is 0.465 e. The second-order valence-electron chi connectivity index (χ2n) is 4.10. The molecule has 16 heavy (non-hydrogen) atoms. The average molecular weight is 212 g/mol. The maximum absolute atomic E-state index is 11.6. The van der Waals surface area contributed by atoms with Crippen molar-refractivity contribution in [3.8, 4) is 0 Å². The zero-order valence-electron chi connectivity index (χ0n) is 9.12. The molecule has 0 unspecified atom stereocenters. The molecule has 1 aliphatic carbocycles. The van der Waals surface area contributed by atoms with Gasteiger partial charge in [0.1, 0.15) is 0 Å². The van der Waals surface area contributed by atoms with Gasteiger partial charge in [-0.15, -0.1) is 0 Å². The van der Waals surface area contributed by atoms with Crippen LogP contribution in [0.15, 0.2) is 30.3 Å². The van der Waals surface area contributed by atoms with Crippen LogP contribution < -0.4 is 0 Å². The van der Waals surface area contributed by atoms with Crippen LogP contribution in [0.25, 0.3) is 10.8 Å². The third-order valence-corrected chi connectivity index (χ3v) is 3.29. The molecule has 2 aromatic carbocycles. The maximum atomic E-state index is 11.6. The SMILES string of the molecule is COC(=O)c1ccc2cccc3c2c1CC3. The Morgan fingerprint density at radius 3 is 2.88 bits per heavy atom. The van der Waals surface area contributed by atoms with Gasteiger partial charge in [0, 0.05) is 0 Å². The Kier molecular flexibility index (Phi) is 1.96. The fourth-order valence-electron chi connectivity index (χ4n) is 2.56. The minimum atomic E-state index is -0.228. The number of benzene rings is 2. The maximum Gasteiger partial charge on any atom is 0.338 e. The quantitative estimate of drug-likeness (QED) is 0.679. The Morgan fingerprint density at radius 1 is 1.19 bits per heavy atom. The molecule has 0 aromatic heterocycles. The van der Waals surface area contributed by atoms with Gasteiger partial charge in [0.25, 0.3) is 0 Å². The monoisotopic (exact) mass is 212 g/mol. The number of rotatable bonds is 1. The summed E-state index contributed by atoms with van der Waals surface area (Å²) < 4.78 is 4.81. The molecule has 80 valence electrons. The van der Waals surface area contributed by atoms with Gasteiger partial charge in [-0.25, -0.2) is 4.79 Å². The van der Waals surface area contributed by atoms with Crippen LogP contribution in [0.3, 0.4) is 0 Å². The molecular formula is C14H12O2. The number of esters is 1. The Morgan fingerprint density at radius 2 is 2.06 bits per heavy atom. The first-order valence-corrected chi connectivity index (χ1v) is 5.43. The first-order valence-electron chi connectivity index (χ1n) is 5.43. The average Bonchev–Trinajstić information content (AvgIpc) is 2.75. The molecule has 2 aromatic rings. The molecular weight excluding hydrogens is 200 g/mol. The molecule has 0 spiro atoms. The van der Waals surface area contributed by atoms with Gasteiger partial charge in [0.05, 0.1) is 12.7 Å². The molecule has 0 heterocycles. The van der Waals surface area contributed by atoms with Crippen LogP contribution in [0.5, 0.6) is 0 Å². The number of carbonyl (C=O) groups excluding carboxylic acids is 1. The van der Waals surface area contributed by atoms with E-state index in [1.807, 2.05) is 12.1 Å². The van der Waals surface area contributed by atoms with E-state index >= 15 is 0 Å². The molecule has 0 N–H and O–H groups in total. The molecule has 0 atom stereocenters. The van der Waals surface area contributed by atoms with E-state index in [0.29, 0.717) is 0 Å². The molecule has 0 radical (unpaired) electrons. The number of carbonyl (C=O) groups is 1. The Balaban J connectivity index is 2.35. The summed E-state index contributed by atoms with van der Waals surface area (Å²) in [4.78, 5) is 11.6. The molecule has 0 aliphatic heterocycles. The predicted octanol–water partition coefficient (Wildman–Crippen LogP) is 2.73. The van der Waals surface area contributed by atoms with Crippen molar-refractivity contribution in [3.63, 3.8) is 0 Å². The van der Waals surface area contributed by atoms with Crippen LogP contribution in [0.4, 0.5) is 0 Å². The highest BCUT2D eigenvalue weighted by Gasteiger charge is 2.20. The first kappa shape index (κ1) is 9.40. The standard InChI is InChI=1S/C14H12O2/c1-16-14(15)12-8-6-10-4-2-3-9-5-7-11(12)13(9)10/h2-4,6,8H,5,7H2,1H3. The fourth-order valence-corrected chi connectivity index (χ4v) is 2.56. The number of hydrogen-bond donors (Lipinski definition) is 0. The molecule has 2 nitrogen and oxygen atoms in total. The second kappa shape index (κ2) is 3.34. The molecule has 2 heteroatoms. The van der Waals surface area contributed by atoms with Gasteiger partial charge in [-0.1, -0.05) is 24.3 Å². The smallest absolute Gasteiger partial charge is 0.338 e. The summed E-state index contributed by atoms with van der Waals surface area (Å²) in [6.45, 7) is 0. The summed E-state index contributed by atoms with van der Waals surface area (Å²) in [6, 6.07) is 10.2. The zero-order chi connectivity index (χ0) is 11.1. The number of aryl methyl sites for hydroxylation is 2. The van der Waals surface area contributed by atoms with Crippen molar-refractivity contribution in [1.29, 1.82) is 0 Å².